The molecule has 0 spiro atoms. The van der Waals surface area contributed by atoms with Crippen molar-refractivity contribution in [3.8, 4) is 0 Å². The maximum absolute atomic E-state index is 3.90. The summed E-state index contributed by atoms with van der Waals surface area (Å²) in [6.07, 6.45) is 8.89. The van der Waals surface area contributed by atoms with Gasteiger partial charge in [0.25, 0.3) is 0 Å². The van der Waals surface area contributed by atoms with Crippen molar-refractivity contribution in [3.05, 3.63) is 47.1 Å². The van der Waals surface area contributed by atoms with Gasteiger partial charge < -0.3 is 0 Å². The van der Waals surface area contributed by atoms with Gasteiger partial charge >= 0.3 is 0 Å². The van der Waals surface area contributed by atoms with E-state index in [0.29, 0.717) is 0 Å². The number of hydrogen-bond acceptors (Lipinski definition) is 0. The molecule has 0 amide bonds. The molecule has 0 N–H and O–H groups in total. The Labute approximate surface area is 95.1 Å². The number of rotatable bonds is 5. The molecule has 0 unspecified atom stereocenters. The fourth-order valence-corrected chi connectivity index (χ4v) is 1.46. The van der Waals surface area contributed by atoms with Crippen LogP contribution in [0.2, 0.25) is 0 Å². The van der Waals surface area contributed by atoms with Crippen molar-refractivity contribution in [1.29, 1.82) is 0 Å². The fraction of sp³-hybridized carbons (Fsp3) is 0.467. The third kappa shape index (κ3) is 9.27. The van der Waals surface area contributed by atoms with Crippen LogP contribution in [0.1, 0.15) is 47.5 Å². The number of hydrogen-bond donors (Lipinski definition) is 0. The summed E-state index contributed by atoms with van der Waals surface area (Å²) in [5.74, 6) is 0. The molecule has 0 aromatic rings. The van der Waals surface area contributed by atoms with Crippen molar-refractivity contribution < 1.29 is 0 Å². The Balaban J connectivity index is 4.27. The smallest absolute Gasteiger partial charge is 0.0291 e. The second-order valence-corrected chi connectivity index (χ2v) is 4.55. The van der Waals surface area contributed by atoms with Crippen molar-refractivity contribution in [2.75, 3.05) is 0 Å². The van der Waals surface area contributed by atoms with Crippen molar-refractivity contribution in [2.45, 2.75) is 47.5 Å². The molecule has 84 valence electrons. The molecule has 0 saturated heterocycles. The molecule has 0 radical (unpaired) electrons. The van der Waals surface area contributed by atoms with E-state index in [1.807, 2.05) is 0 Å². The molecule has 0 aliphatic heterocycles. The van der Waals surface area contributed by atoms with Gasteiger partial charge in [-0.2, -0.15) is 0 Å². The summed E-state index contributed by atoms with van der Waals surface area (Å²) in [6, 6.07) is 0. The molecule has 0 aromatic heterocycles. The zero-order valence-electron chi connectivity index (χ0n) is 10.9. The summed E-state index contributed by atoms with van der Waals surface area (Å²) in [5, 5.41) is 0. The van der Waals surface area contributed by atoms with Gasteiger partial charge in [0.2, 0.25) is 0 Å². The largest absolute Gasteiger partial charge is 0.100 e. The molecule has 0 aliphatic rings. The van der Waals surface area contributed by atoms with E-state index in [9.17, 15) is 0 Å². The van der Waals surface area contributed by atoms with Gasteiger partial charge in [-0.05, 0) is 47.5 Å². The molecular formula is C15H24. The summed E-state index contributed by atoms with van der Waals surface area (Å²) < 4.78 is 0. The van der Waals surface area contributed by atoms with Crippen molar-refractivity contribution >= 4 is 0 Å². The highest BCUT2D eigenvalue weighted by atomic mass is 13.9. The van der Waals surface area contributed by atoms with Crippen molar-refractivity contribution in [2.24, 2.45) is 0 Å². The minimum Gasteiger partial charge on any atom is -0.100 e. The molecule has 0 heteroatoms. The lowest BCUT2D eigenvalue weighted by molar-refractivity contribution is 0.976. The molecule has 0 atom stereocenters. The Kier molecular flexibility index (Phi) is 6.77. The van der Waals surface area contributed by atoms with Crippen LogP contribution in [0.15, 0.2) is 47.1 Å². The molecule has 0 aromatic carbocycles. The lowest BCUT2D eigenvalue weighted by atomic mass is 10.1. The van der Waals surface area contributed by atoms with Gasteiger partial charge in [0, 0.05) is 0 Å². The Morgan fingerprint density at radius 1 is 0.933 bits per heavy atom. The van der Waals surface area contributed by atoms with Gasteiger partial charge in [0.05, 0.1) is 0 Å². The molecule has 0 rings (SSSR count). The van der Waals surface area contributed by atoms with E-state index in [1.54, 1.807) is 0 Å². The average molecular weight is 204 g/mol. The van der Waals surface area contributed by atoms with E-state index in [-0.39, 0.29) is 0 Å². The molecule has 15 heavy (non-hydrogen) atoms. The van der Waals surface area contributed by atoms with Crippen LogP contribution in [0.5, 0.6) is 0 Å². The van der Waals surface area contributed by atoms with Crippen LogP contribution in [-0.4, -0.2) is 0 Å². The first-order chi connectivity index (χ1) is 6.91. The Hall–Kier alpha value is -1.04. The average Bonchev–Trinajstić information content (AvgIpc) is 2.00. The second kappa shape index (κ2) is 7.28. The first-order valence-electron chi connectivity index (χ1n) is 5.56. The minimum atomic E-state index is 1.09. The van der Waals surface area contributed by atoms with Crippen LogP contribution < -0.4 is 0 Å². The number of allylic oxidation sites excluding steroid dienone is 7. The molecule has 0 heterocycles. The van der Waals surface area contributed by atoms with Gasteiger partial charge in [-0.25, -0.2) is 0 Å². The maximum Gasteiger partial charge on any atom is -0.0291 e. The molecular weight excluding hydrogens is 180 g/mol. The lowest BCUT2D eigenvalue weighted by Crippen LogP contribution is -1.77. The molecule has 0 fully saturated rings. The highest BCUT2D eigenvalue weighted by molar-refractivity contribution is 5.29. The van der Waals surface area contributed by atoms with E-state index in [0.717, 1.165) is 12.8 Å². The van der Waals surface area contributed by atoms with Crippen LogP contribution >= 0.6 is 0 Å². The summed E-state index contributed by atoms with van der Waals surface area (Å²) in [4.78, 5) is 0. The van der Waals surface area contributed by atoms with Crippen LogP contribution in [0.25, 0.3) is 0 Å². The highest BCUT2D eigenvalue weighted by Crippen LogP contribution is 2.09. The highest BCUT2D eigenvalue weighted by Gasteiger charge is 1.88. The van der Waals surface area contributed by atoms with E-state index < -0.39 is 0 Å². The molecule has 0 saturated carbocycles. The molecule has 0 bridgehead atoms. The monoisotopic (exact) mass is 204 g/mol. The zero-order chi connectivity index (χ0) is 11.8. The van der Waals surface area contributed by atoms with E-state index in [4.69, 9.17) is 0 Å². The SMILES string of the molecule is C=C(C)CC/C=C(C)/C=C(\C)C=C(C)C. The van der Waals surface area contributed by atoms with Crippen LogP contribution in [0.4, 0.5) is 0 Å². The van der Waals surface area contributed by atoms with Gasteiger partial charge in [-0.3, -0.25) is 0 Å². The van der Waals surface area contributed by atoms with Gasteiger partial charge in [-0.1, -0.05) is 40.5 Å². The quantitative estimate of drug-likeness (QED) is 0.426. The van der Waals surface area contributed by atoms with Crippen molar-refractivity contribution in [3.63, 3.8) is 0 Å². The van der Waals surface area contributed by atoms with E-state index in [2.05, 4.69) is 59.4 Å². The second-order valence-electron chi connectivity index (χ2n) is 4.55. The van der Waals surface area contributed by atoms with Gasteiger partial charge in [0.15, 0.2) is 0 Å². The van der Waals surface area contributed by atoms with Crippen LogP contribution in [0.3, 0.4) is 0 Å². The normalized spacial score (nSPS) is 12.6. The summed E-state index contributed by atoms with van der Waals surface area (Å²) in [6.45, 7) is 14.5. The minimum absolute atomic E-state index is 1.09. The van der Waals surface area contributed by atoms with Gasteiger partial charge in [-0.15, -0.1) is 6.58 Å². The topological polar surface area (TPSA) is 0 Å². The Bertz CT molecular complexity index is 294. The predicted molar refractivity (Wildman–Crippen MR) is 71.0 cm³/mol. The first-order valence-corrected chi connectivity index (χ1v) is 5.56. The third-order valence-electron chi connectivity index (χ3n) is 2.01. The Morgan fingerprint density at radius 2 is 1.53 bits per heavy atom. The summed E-state index contributed by atoms with van der Waals surface area (Å²) >= 11 is 0. The Morgan fingerprint density at radius 3 is 2.00 bits per heavy atom. The van der Waals surface area contributed by atoms with Crippen molar-refractivity contribution in [1.82, 2.24) is 0 Å². The zero-order valence-corrected chi connectivity index (χ0v) is 10.9. The van der Waals surface area contributed by atoms with E-state index >= 15 is 0 Å². The standard InChI is InChI=1S/C15H24/c1-12(2)8-7-9-14(5)11-15(6)10-13(3)4/h9-11H,1,7-8H2,2-6H3/b14-9+,15-11+. The molecule has 0 nitrogen and oxygen atoms in total. The summed E-state index contributed by atoms with van der Waals surface area (Å²) in [5.41, 5.74) is 5.26. The summed E-state index contributed by atoms with van der Waals surface area (Å²) in [7, 11) is 0. The third-order valence-corrected chi connectivity index (χ3v) is 2.01. The lowest BCUT2D eigenvalue weighted by Gasteiger charge is -1.98. The van der Waals surface area contributed by atoms with Gasteiger partial charge in [0.1, 0.15) is 0 Å². The molecule has 0 aliphatic carbocycles. The van der Waals surface area contributed by atoms with Crippen LogP contribution in [-0.2, 0) is 0 Å². The predicted octanol–water partition coefficient (Wildman–Crippen LogP) is 5.20. The van der Waals surface area contributed by atoms with Crippen LogP contribution in [0, 0.1) is 0 Å². The van der Waals surface area contributed by atoms with E-state index in [1.165, 1.54) is 22.3 Å². The fourth-order valence-electron chi connectivity index (χ4n) is 1.46. The first kappa shape index (κ1) is 14.0. The maximum atomic E-state index is 3.90.